The van der Waals surface area contributed by atoms with Crippen molar-refractivity contribution in [1.82, 2.24) is 5.32 Å². The largest absolute Gasteiger partial charge is 0.507 e. The van der Waals surface area contributed by atoms with E-state index >= 15 is 0 Å². The van der Waals surface area contributed by atoms with Crippen LogP contribution in [0, 0.1) is 5.82 Å². The zero-order valence-electron chi connectivity index (χ0n) is 14.1. The van der Waals surface area contributed by atoms with Gasteiger partial charge in [-0.3, -0.25) is 10.1 Å². The molecule has 6 heteroatoms. The summed E-state index contributed by atoms with van der Waals surface area (Å²) in [5.41, 5.74) is 4.26. The average molecular weight is 362 g/mol. The lowest BCUT2D eigenvalue weighted by Gasteiger charge is -2.11. The Hall–Kier alpha value is -3.67. The predicted octanol–water partition coefficient (Wildman–Crippen LogP) is 4.06. The second-order valence-electron chi connectivity index (χ2n) is 6.21. The number of rotatable bonds is 2. The summed E-state index contributed by atoms with van der Waals surface area (Å²) in [6, 6.07) is 16.2. The van der Waals surface area contributed by atoms with E-state index < -0.39 is 29.1 Å². The summed E-state index contributed by atoms with van der Waals surface area (Å²) < 4.78 is 13.8. The molecule has 5 nitrogen and oxygen atoms in total. The van der Waals surface area contributed by atoms with Crippen molar-refractivity contribution in [1.29, 1.82) is 0 Å². The van der Waals surface area contributed by atoms with Crippen molar-refractivity contribution in [3.63, 3.8) is 0 Å². The van der Waals surface area contributed by atoms with Crippen molar-refractivity contribution in [2.45, 2.75) is 6.42 Å². The van der Waals surface area contributed by atoms with Crippen molar-refractivity contribution in [2.24, 2.45) is 0 Å². The Balaban J connectivity index is 1.54. The molecule has 3 N–H and O–H groups in total. The van der Waals surface area contributed by atoms with Gasteiger partial charge in [-0.15, -0.1) is 0 Å². The molecular formula is C21H15FN2O3. The number of amides is 3. The fraction of sp³-hybridized carbons (Fsp3) is 0.0476. The molecule has 0 aliphatic heterocycles. The first-order valence-corrected chi connectivity index (χ1v) is 8.34. The zero-order chi connectivity index (χ0) is 19.0. The van der Waals surface area contributed by atoms with Crippen LogP contribution in [0.2, 0.25) is 0 Å². The highest BCUT2D eigenvalue weighted by Crippen LogP contribution is 2.39. The molecular weight excluding hydrogens is 347 g/mol. The lowest BCUT2D eigenvalue weighted by atomic mass is 10.1. The number of hydrogen-bond donors (Lipinski definition) is 3. The van der Waals surface area contributed by atoms with E-state index in [4.69, 9.17) is 0 Å². The Morgan fingerprint density at radius 2 is 1.67 bits per heavy atom. The number of carbonyl (C=O) groups excluding carboxylic acids is 2. The second-order valence-corrected chi connectivity index (χ2v) is 6.21. The summed E-state index contributed by atoms with van der Waals surface area (Å²) in [6.07, 6.45) is 0.671. The quantitative estimate of drug-likeness (QED) is 0.503. The van der Waals surface area contributed by atoms with Crippen molar-refractivity contribution in [3.05, 3.63) is 83.2 Å². The van der Waals surface area contributed by atoms with Gasteiger partial charge in [0.05, 0.1) is 0 Å². The van der Waals surface area contributed by atoms with Crippen molar-refractivity contribution >= 4 is 17.6 Å². The fourth-order valence-electron chi connectivity index (χ4n) is 3.33. The first kappa shape index (κ1) is 16.8. The molecule has 0 unspecified atom stereocenters. The molecule has 27 heavy (non-hydrogen) atoms. The number of carbonyl (C=O) groups is 2. The Labute approximate surface area is 154 Å². The highest BCUT2D eigenvalue weighted by molar-refractivity contribution is 6.09. The summed E-state index contributed by atoms with van der Waals surface area (Å²) in [5.74, 6) is -2.45. The van der Waals surface area contributed by atoms with Gasteiger partial charge in [0.25, 0.3) is 5.91 Å². The van der Waals surface area contributed by atoms with Crippen LogP contribution < -0.4 is 10.6 Å². The highest BCUT2D eigenvalue weighted by Gasteiger charge is 2.23. The Bertz CT molecular complexity index is 1060. The van der Waals surface area contributed by atoms with Gasteiger partial charge in [0.1, 0.15) is 17.1 Å². The maximum Gasteiger partial charge on any atom is 0.326 e. The molecule has 3 amide bonds. The lowest BCUT2D eigenvalue weighted by molar-refractivity contribution is 0.0960. The number of nitrogens with one attached hydrogen (secondary N) is 2. The SMILES string of the molecule is O=C(NC(=O)c1c(O)cccc1F)Nc1cccc2c1Cc1ccccc1-2. The lowest BCUT2D eigenvalue weighted by Crippen LogP contribution is -2.35. The molecule has 3 aromatic rings. The normalized spacial score (nSPS) is 11.4. The maximum absolute atomic E-state index is 13.8. The molecule has 0 heterocycles. The third kappa shape index (κ3) is 3.01. The van der Waals surface area contributed by atoms with Crippen LogP contribution >= 0.6 is 0 Å². The molecule has 1 aliphatic carbocycles. The second kappa shape index (κ2) is 6.57. The Morgan fingerprint density at radius 3 is 2.48 bits per heavy atom. The number of urea groups is 1. The minimum Gasteiger partial charge on any atom is -0.507 e. The monoisotopic (exact) mass is 362 g/mol. The van der Waals surface area contributed by atoms with Crippen LogP contribution in [-0.4, -0.2) is 17.0 Å². The summed E-state index contributed by atoms with van der Waals surface area (Å²) in [7, 11) is 0. The van der Waals surface area contributed by atoms with E-state index in [2.05, 4.69) is 5.32 Å². The third-order valence-electron chi connectivity index (χ3n) is 4.54. The molecule has 0 spiro atoms. The van der Waals surface area contributed by atoms with Crippen LogP contribution in [0.25, 0.3) is 11.1 Å². The number of benzene rings is 3. The van der Waals surface area contributed by atoms with E-state index in [0.29, 0.717) is 12.1 Å². The number of halogens is 1. The Morgan fingerprint density at radius 1 is 0.926 bits per heavy atom. The van der Waals surface area contributed by atoms with Gasteiger partial charge >= 0.3 is 6.03 Å². The number of aromatic hydroxyl groups is 1. The van der Waals surface area contributed by atoms with E-state index in [0.717, 1.165) is 28.3 Å². The minimum atomic E-state index is -1.01. The molecule has 3 aromatic carbocycles. The zero-order valence-corrected chi connectivity index (χ0v) is 14.1. The number of phenolic OH excluding ortho intramolecular Hbond substituents is 1. The van der Waals surface area contributed by atoms with Gasteiger partial charge in [0.2, 0.25) is 0 Å². The summed E-state index contributed by atoms with van der Waals surface area (Å²) in [6.45, 7) is 0. The van der Waals surface area contributed by atoms with Crippen molar-refractivity contribution in [2.75, 3.05) is 5.32 Å². The molecule has 0 aromatic heterocycles. The first-order chi connectivity index (χ1) is 13.0. The van der Waals surface area contributed by atoms with E-state index in [-0.39, 0.29) is 0 Å². The van der Waals surface area contributed by atoms with E-state index in [9.17, 15) is 19.1 Å². The van der Waals surface area contributed by atoms with Crippen molar-refractivity contribution < 1.29 is 19.1 Å². The van der Waals surface area contributed by atoms with E-state index in [1.165, 1.54) is 12.1 Å². The number of hydrogen-bond acceptors (Lipinski definition) is 3. The molecule has 4 rings (SSSR count). The van der Waals surface area contributed by atoms with E-state index in [1.54, 1.807) is 6.07 Å². The Kier molecular flexibility index (Phi) is 4.08. The predicted molar refractivity (Wildman–Crippen MR) is 99.2 cm³/mol. The van der Waals surface area contributed by atoms with Crippen LogP contribution in [-0.2, 0) is 6.42 Å². The summed E-state index contributed by atoms with van der Waals surface area (Å²) in [4.78, 5) is 24.4. The van der Waals surface area contributed by atoms with Crippen LogP contribution in [0.4, 0.5) is 14.9 Å². The smallest absolute Gasteiger partial charge is 0.326 e. The van der Waals surface area contributed by atoms with Gasteiger partial charge in [-0.1, -0.05) is 42.5 Å². The van der Waals surface area contributed by atoms with Crippen LogP contribution in [0.1, 0.15) is 21.5 Å². The number of imide groups is 1. The number of anilines is 1. The minimum absolute atomic E-state index is 0.531. The van der Waals surface area contributed by atoms with Gasteiger partial charge in [-0.25, -0.2) is 9.18 Å². The van der Waals surface area contributed by atoms with Gasteiger partial charge in [-0.05, 0) is 40.5 Å². The third-order valence-corrected chi connectivity index (χ3v) is 4.54. The fourth-order valence-corrected chi connectivity index (χ4v) is 3.33. The number of fused-ring (bicyclic) bond motifs is 3. The van der Waals surface area contributed by atoms with Crippen molar-refractivity contribution in [3.8, 4) is 16.9 Å². The first-order valence-electron chi connectivity index (χ1n) is 8.34. The van der Waals surface area contributed by atoms with Gasteiger partial charge in [-0.2, -0.15) is 0 Å². The number of phenols is 1. The maximum atomic E-state index is 13.8. The molecule has 0 radical (unpaired) electrons. The highest BCUT2D eigenvalue weighted by atomic mass is 19.1. The molecule has 1 aliphatic rings. The molecule has 0 atom stereocenters. The van der Waals surface area contributed by atoms with Gasteiger partial charge in [0, 0.05) is 12.1 Å². The summed E-state index contributed by atoms with van der Waals surface area (Å²) in [5, 5.41) is 14.4. The standard InChI is InChI=1S/C21H15FN2O3/c22-16-8-4-10-18(25)19(16)20(26)24-21(27)23-17-9-3-7-14-13-6-2-1-5-12(13)11-15(14)17/h1-10,25H,11H2,(H2,23,24,26,27). The van der Waals surface area contributed by atoms with Gasteiger partial charge < -0.3 is 10.4 Å². The molecule has 0 saturated heterocycles. The molecule has 0 fully saturated rings. The van der Waals surface area contributed by atoms with E-state index in [1.807, 2.05) is 41.7 Å². The van der Waals surface area contributed by atoms with Gasteiger partial charge in [0.15, 0.2) is 0 Å². The molecule has 134 valence electrons. The van der Waals surface area contributed by atoms with Crippen LogP contribution in [0.15, 0.2) is 60.7 Å². The van der Waals surface area contributed by atoms with Crippen LogP contribution in [0.5, 0.6) is 5.75 Å². The molecule has 0 saturated carbocycles. The summed E-state index contributed by atoms with van der Waals surface area (Å²) >= 11 is 0. The van der Waals surface area contributed by atoms with Crippen LogP contribution in [0.3, 0.4) is 0 Å². The topological polar surface area (TPSA) is 78.4 Å². The average Bonchev–Trinajstić information content (AvgIpc) is 3.01. The molecule has 0 bridgehead atoms.